The first kappa shape index (κ1) is 38.8. The van der Waals surface area contributed by atoms with Gasteiger partial charge in [0.15, 0.2) is 23.5 Å². The summed E-state index contributed by atoms with van der Waals surface area (Å²) in [4.78, 5) is 14.0. The lowest BCUT2D eigenvalue weighted by molar-refractivity contribution is -0.318. The van der Waals surface area contributed by atoms with E-state index in [1.165, 1.54) is 19.9 Å². The summed E-state index contributed by atoms with van der Waals surface area (Å²) in [7, 11) is 0. The molecular weight excluding hydrogens is 716 g/mol. The number of ether oxygens (including phenoxy) is 6. The molecule has 0 spiro atoms. The highest BCUT2D eigenvalue weighted by molar-refractivity contribution is 5.88. The number of phenols is 3. The molecule has 0 unspecified atom stereocenters. The second kappa shape index (κ2) is 15.1. The Morgan fingerprint density at radius 2 is 1.17 bits per heavy atom. The van der Waals surface area contributed by atoms with Crippen molar-refractivity contribution in [2.24, 2.45) is 0 Å². The third-order valence-electron chi connectivity index (χ3n) is 9.34. The lowest BCUT2D eigenvalue weighted by Crippen LogP contribution is -2.61. The number of phenolic OH excluding ortho intramolecular Hbond substituents is 3. The average molecular weight is 757 g/mol. The fourth-order valence-electron chi connectivity index (χ4n) is 6.14. The third kappa shape index (κ3) is 7.34. The van der Waals surface area contributed by atoms with Crippen molar-refractivity contribution < 1.29 is 94.1 Å². The van der Waals surface area contributed by atoms with Crippen LogP contribution in [-0.2, 0) is 18.9 Å². The molecule has 0 amide bonds. The normalized spacial score (nSPS) is 37.8. The van der Waals surface area contributed by atoms with E-state index in [9.17, 15) is 66.1 Å². The number of benzene rings is 2. The van der Waals surface area contributed by atoms with Crippen LogP contribution in [0.5, 0.6) is 28.7 Å². The van der Waals surface area contributed by atoms with E-state index in [4.69, 9.17) is 32.8 Å². The van der Waals surface area contributed by atoms with Crippen LogP contribution in [0.3, 0.4) is 0 Å². The van der Waals surface area contributed by atoms with Crippen LogP contribution in [0.25, 0.3) is 22.3 Å². The molecule has 0 radical (unpaired) electrons. The van der Waals surface area contributed by atoms with Gasteiger partial charge in [-0.05, 0) is 32.0 Å². The van der Waals surface area contributed by atoms with Crippen molar-refractivity contribution in [1.82, 2.24) is 0 Å². The molecule has 0 aliphatic carbocycles. The minimum atomic E-state index is -2.03. The van der Waals surface area contributed by atoms with Crippen LogP contribution in [0, 0.1) is 0 Å². The van der Waals surface area contributed by atoms with E-state index in [1.807, 2.05) is 0 Å². The maximum atomic E-state index is 14.0. The Morgan fingerprint density at radius 1 is 0.604 bits per heavy atom. The summed E-state index contributed by atoms with van der Waals surface area (Å²) in [5.41, 5.74) is -1.55. The van der Waals surface area contributed by atoms with Crippen LogP contribution in [0.15, 0.2) is 39.5 Å². The van der Waals surface area contributed by atoms with Crippen LogP contribution >= 0.6 is 0 Å². The van der Waals surface area contributed by atoms with E-state index >= 15 is 0 Å². The van der Waals surface area contributed by atoms with Gasteiger partial charge in [0.05, 0.1) is 18.8 Å². The van der Waals surface area contributed by atoms with Crippen molar-refractivity contribution in [2.75, 3.05) is 6.61 Å². The van der Waals surface area contributed by atoms with Crippen molar-refractivity contribution in [3.05, 3.63) is 40.6 Å². The summed E-state index contributed by atoms with van der Waals surface area (Å²) < 4.78 is 39.3. The standard InChI is InChI=1S/C33H40O20/c1-9-19(37)23(41)26(44)31(48-9)47-8-17-21(39)25(43)28(46)33(52-17)53-30-22(40)18-15(36)6-12(50-32-27(45)24(42)20(38)10(2)49-32)7-16(18)51-29(30)11-3-4-13(34)14(35)5-11/h3-7,9-10,17,19-21,23-28,31-39,41-46H,8H2,1-2H3/t9-,10-,17+,19-,20-,21-,23+,24+,25-,26+,27+,28+,31-,32-,33-/m1/s1. The van der Waals surface area contributed by atoms with Crippen molar-refractivity contribution in [2.45, 2.75) is 106 Å². The van der Waals surface area contributed by atoms with E-state index in [-0.39, 0.29) is 16.9 Å². The fourth-order valence-corrected chi connectivity index (χ4v) is 6.14. The van der Waals surface area contributed by atoms with Crippen molar-refractivity contribution >= 4 is 11.0 Å². The number of fused-ring (bicyclic) bond motifs is 1. The highest BCUT2D eigenvalue weighted by atomic mass is 16.7. The van der Waals surface area contributed by atoms with Gasteiger partial charge in [0.1, 0.15) is 83.5 Å². The van der Waals surface area contributed by atoms with E-state index in [2.05, 4.69) is 0 Å². The number of rotatable bonds is 8. The predicted octanol–water partition coefficient (Wildman–Crippen LogP) is -3.19. The van der Waals surface area contributed by atoms with Crippen LogP contribution in [0.4, 0.5) is 0 Å². The van der Waals surface area contributed by atoms with Crippen molar-refractivity contribution in [1.29, 1.82) is 0 Å². The minimum absolute atomic E-state index is 0.0962. The van der Waals surface area contributed by atoms with Crippen LogP contribution in [0.1, 0.15) is 13.8 Å². The van der Waals surface area contributed by atoms with E-state index in [0.29, 0.717) is 0 Å². The van der Waals surface area contributed by atoms with Crippen LogP contribution in [0.2, 0.25) is 0 Å². The maximum absolute atomic E-state index is 14.0. The van der Waals surface area contributed by atoms with Gasteiger partial charge in [-0.15, -0.1) is 0 Å². The van der Waals surface area contributed by atoms with Crippen LogP contribution < -0.4 is 14.9 Å². The monoisotopic (exact) mass is 756 g/mol. The molecule has 12 N–H and O–H groups in total. The zero-order valence-corrected chi connectivity index (χ0v) is 27.9. The fraction of sp³-hybridized carbons (Fsp3) is 0.545. The molecule has 3 aromatic rings. The van der Waals surface area contributed by atoms with Crippen molar-refractivity contribution in [3.63, 3.8) is 0 Å². The SMILES string of the molecule is C[C@H]1O[C@@H](OC[C@@H]2O[C@H](Oc3c(-c4ccc(O)c(O)c4)oc4cc(O[C@H]5O[C@H](C)[C@@H](O)[C@H](O)[C@@H]5O)cc(O)c4c3=O)[C@@H](O)[C@H](O)[C@@H]2O)[C@@H](O)[C@@H](O)[C@@H]1O. The van der Waals surface area contributed by atoms with E-state index in [1.54, 1.807) is 0 Å². The number of hydrogen-bond acceptors (Lipinski definition) is 20. The molecule has 3 fully saturated rings. The molecule has 0 saturated carbocycles. The van der Waals surface area contributed by atoms with Gasteiger partial charge in [0, 0.05) is 17.7 Å². The predicted molar refractivity (Wildman–Crippen MR) is 172 cm³/mol. The van der Waals surface area contributed by atoms with Gasteiger partial charge in [-0.25, -0.2) is 0 Å². The first-order valence-electron chi connectivity index (χ1n) is 16.4. The van der Waals surface area contributed by atoms with Crippen molar-refractivity contribution in [3.8, 4) is 40.1 Å². The molecule has 3 aliphatic rings. The molecule has 3 aliphatic heterocycles. The molecule has 20 heteroatoms. The van der Waals surface area contributed by atoms with Gasteiger partial charge >= 0.3 is 0 Å². The van der Waals surface area contributed by atoms with Gasteiger partial charge < -0.3 is 94.1 Å². The summed E-state index contributed by atoms with van der Waals surface area (Å²) in [5, 5.41) is 124. The minimum Gasteiger partial charge on any atom is -0.507 e. The van der Waals surface area contributed by atoms with Gasteiger partial charge in [0.2, 0.25) is 23.8 Å². The number of aliphatic hydroxyl groups is 9. The Hall–Kier alpha value is -3.87. The highest BCUT2D eigenvalue weighted by Crippen LogP contribution is 2.40. The summed E-state index contributed by atoms with van der Waals surface area (Å²) in [6, 6.07) is 5.31. The molecule has 292 valence electrons. The summed E-state index contributed by atoms with van der Waals surface area (Å²) in [5.74, 6) is -3.42. The number of aliphatic hydroxyl groups excluding tert-OH is 9. The molecular formula is C33H40O20. The summed E-state index contributed by atoms with van der Waals surface area (Å²) >= 11 is 0. The maximum Gasteiger partial charge on any atom is 0.239 e. The van der Waals surface area contributed by atoms with Gasteiger partial charge in [-0.3, -0.25) is 4.79 Å². The molecule has 0 bridgehead atoms. The first-order valence-corrected chi connectivity index (χ1v) is 16.4. The van der Waals surface area contributed by atoms with Gasteiger partial charge in [0.25, 0.3) is 0 Å². The largest absolute Gasteiger partial charge is 0.507 e. The Morgan fingerprint density at radius 3 is 1.79 bits per heavy atom. The Balaban J connectivity index is 1.34. The molecule has 3 saturated heterocycles. The lowest BCUT2D eigenvalue weighted by Gasteiger charge is -2.42. The molecule has 4 heterocycles. The number of hydrogen-bond donors (Lipinski definition) is 12. The topological polar surface area (TPSA) is 328 Å². The lowest BCUT2D eigenvalue weighted by atomic mass is 9.98. The van der Waals surface area contributed by atoms with E-state index < -0.39 is 138 Å². The van der Waals surface area contributed by atoms with Crippen LogP contribution in [-0.4, -0.2) is 160 Å². The molecule has 6 rings (SSSR count). The smallest absolute Gasteiger partial charge is 0.239 e. The van der Waals surface area contributed by atoms with E-state index in [0.717, 1.165) is 24.3 Å². The Bertz CT molecular complexity index is 1830. The van der Waals surface area contributed by atoms with Gasteiger partial charge in [-0.2, -0.15) is 0 Å². The average Bonchev–Trinajstić information content (AvgIpc) is 3.12. The summed E-state index contributed by atoms with van der Waals surface area (Å²) in [6.07, 6.45) is -24.0. The molecule has 15 atom stereocenters. The summed E-state index contributed by atoms with van der Waals surface area (Å²) in [6.45, 7) is 2.18. The zero-order valence-electron chi connectivity index (χ0n) is 27.9. The molecule has 2 aromatic carbocycles. The zero-order chi connectivity index (χ0) is 38.6. The molecule has 20 nitrogen and oxygen atoms in total. The number of aromatic hydroxyl groups is 3. The molecule has 1 aromatic heterocycles. The Kier molecular flexibility index (Phi) is 11.1. The Labute approximate surface area is 298 Å². The third-order valence-corrected chi connectivity index (χ3v) is 9.34. The highest BCUT2D eigenvalue weighted by Gasteiger charge is 2.48. The second-order valence-corrected chi connectivity index (χ2v) is 13.1. The molecule has 53 heavy (non-hydrogen) atoms. The second-order valence-electron chi connectivity index (χ2n) is 13.1. The quantitative estimate of drug-likeness (QED) is 0.101. The van der Waals surface area contributed by atoms with Gasteiger partial charge in [-0.1, -0.05) is 0 Å². The first-order chi connectivity index (χ1) is 25.0.